The standard InChI is InChI=1S/C10H21F3N2O2/c1-15(5-3-10(11,12)13)8-9(16)7-14-4-6-17-2/h9,14,16H,3-8H2,1-2H3. The monoisotopic (exact) mass is 258 g/mol. The van der Waals surface area contributed by atoms with Crippen LogP contribution in [-0.2, 0) is 4.74 Å². The molecule has 0 bridgehead atoms. The van der Waals surface area contributed by atoms with E-state index in [2.05, 4.69) is 5.32 Å². The van der Waals surface area contributed by atoms with Crippen LogP contribution < -0.4 is 5.32 Å². The van der Waals surface area contributed by atoms with Crippen molar-refractivity contribution in [3.8, 4) is 0 Å². The molecule has 0 radical (unpaired) electrons. The van der Waals surface area contributed by atoms with Crippen molar-refractivity contribution in [2.45, 2.75) is 18.7 Å². The van der Waals surface area contributed by atoms with E-state index in [1.165, 1.54) is 4.90 Å². The highest BCUT2D eigenvalue weighted by atomic mass is 19.4. The van der Waals surface area contributed by atoms with Crippen LogP contribution in [0.3, 0.4) is 0 Å². The van der Waals surface area contributed by atoms with Gasteiger partial charge in [-0.05, 0) is 7.05 Å². The minimum absolute atomic E-state index is 0.0986. The molecule has 17 heavy (non-hydrogen) atoms. The first kappa shape index (κ1) is 16.6. The van der Waals surface area contributed by atoms with Crippen LogP contribution in [0, 0.1) is 0 Å². The Morgan fingerprint density at radius 2 is 2.06 bits per heavy atom. The lowest BCUT2D eigenvalue weighted by molar-refractivity contribution is -0.137. The van der Waals surface area contributed by atoms with Crippen LogP contribution in [0.1, 0.15) is 6.42 Å². The fraction of sp³-hybridized carbons (Fsp3) is 1.00. The quantitative estimate of drug-likeness (QED) is 0.590. The number of nitrogens with zero attached hydrogens (tertiary/aromatic N) is 1. The summed E-state index contributed by atoms with van der Waals surface area (Å²) >= 11 is 0. The van der Waals surface area contributed by atoms with Crippen LogP contribution in [0.4, 0.5) is 13.2 Å². The highest BCUT2D eigenvalue weighted by molar-refractivity contribution is 4.65. The Hall–Kier alpha value is -0.370. The first-order valence-corrected chi connectivity index (χ1v) is 5.48. The number of rotatable bonds is 9. The molecule has 0 saturated heterocycles. The van der Waals surface area contributed by atoms with Gasteiger partial charge in [-0.15, -0.1) is 0 Å². The fourth-order valence-corrected chi connectivity index (χ4v) is 1.28. The van der Waals surface area contributed by atoms with Gasteiger partial charge in [-0.25, -0.2) is 0 Å². The maximum Gasteiger partial charge on any atom is 0.390 e. The molecule has 1 unspecified atom stereocenters. The number of aliphatic hydroxyl groups excluding tert-OH is 1. The number of nitrogens with one attached hydrogen (secondary N) is 1. The molecule has 0 spiro atoms. The number of hydrogen-bond donors (Lipinski definition) is 2. The van der Waals surface area contributed by atoms with Gasteiger partial charge >= 0.3 is 6.18 Å². The van der Waals surface area contributed by atoms with Crippen molar-refractivity contribution in [3.63, 3.8) is 0 Å². The highest BCUT2D eigenvalue weighted by Gasteiger charge is 2.27. The summed E-state index contributed by atoms with van der Waals surface area (Å²) in [5, 5.41) is 12.5. The van der Waals surface area contributed by atoms with E-state index in [1.807, 2.05) is 0 Å². The van der Waals surface area contributed by atoms with E-state index >= 15 is 0 Å². The molecule has 0 aliphatic carbocycles. The normalized spacial score (nSPS) is 14.3. The van der Waals surface area contributed by atoms with Gasteiger partial charge < -0.3 is 20.1 Å². The predicted molar refractivity (Wildman–Crippen MR) is 58.9 cm³/mol. The van der Waals surface area contributed by atoms with Crippen LogP contribution in [0.15, 0.2) is 0 Å². The second-order valence-corrected chi connectivity index (χ2v) is 3.98. The van der Waals surface area contributed by atoms with E-state index in [0.29, 0.717) is 19.7 Å². The van der Waals surface area contributed by atoms with Gasteiger partial charge in [0.2, 0.25) is 0 Å². The van der Waals surface area contributed by atoms with E-state index in [0.717, 1.165) is 0 Å². The predicted octanol–water partition coefficient (Wildman–Crippen LogP) is 0.467. The van der Waals surface area contributed by atoms with Gasteiger partial charge in [-0.3, -0.25) is 0 Å². The zero-order valence-electron chi connectivity index (χ0n) is 10.3. The first-order chi connectivity index (χ1) is 7.85. The Morgan fingerprint density at radius 3 is 2.59 bits per heavy atom. The summed E-state index contributed by atoms with van der Waals surface area (Å²) in [5.74, 6) is 0. The third-order valence-corrected chi connectivity index (χ3v) is 2.16. The van der Waals surface area contributed by atoms with Crippen LogP contribution in [0.25, 0.3) is 0 Å². The minimum Gasteiger partial charge on any atom is -0.390 e. The lowest BCUT2D eigenvalue weighted by atomic mass is 10.3. The van der Waals surface area contributed by atoms with Crippen molar-refractivity contribution in [2.24, 2.45) is 0 Å². The average molecular weight is 258 g/mol. The summed E-state index contributed by atoms with van der Waals surface area (Å²) < 4.78 is 40.6. The van der Waals surface area contributed by atoms with Gasteiger partial charge in [0.15, 0.2) is 0 Å². The fourth-order valence-electron chi connectivity index (χ4n) is 1.28. The molecule has 0 heterocycles. The van der Waals surface area contributed by atoms with Crippen molar-refractivity contribution in [2.75, 3.05) is 46.9 Å². The summed E-state index contributed by atoms with van der Waals surface area (Å²) in [6.07, 6.45) is -5.67. The van der Waals surface area contributed by atoms with Gasteiger partial charge in [-0.1, -0.05) is 0 Å². The summed E-state index contributed by atoms with van der Waals surface area (Å²) in [4.78, 5) is 1.47. The number of ether oxygens (including phenoxy) is 1. The van der Waals surface area contributed by atoms with Crippen LogP contribution >= 0.6 is 0 Å². The Morgan fingerprint density at radius 1 is 1.41 bits per heavy atom. The molecule has 104 valence electrons. The number of likely N-dealkylation sites (N-methyl/N-ethyl adjacent to an activating group) is 1. The Kier molecular flexibility index (Phi) is 8.49. The van der Waals surface area contributed by atoms with E-state index < -0.39 is 18.7 Å². The van der Waals surface area contributed by atoms with Crippen molar-refractivity contribution in [3.05, 3.63) is 0 Å². The number of halogens is 3. The average Bonchev–Trinajstić information content (AvgIpc) is 2.21. The largest absolute Gasteiger partial charge is 0.390 e. The molecule has 0 rings (SSSR count). The zero-order chi connectivity index (χ0) is 13.3. The van der Waals surface area contributed by atoms with Gasteiger partial charge in [-0.2, -0.15) is 13.2 Å². The number of alkyl halides is 3. The smallest absolute Gasteiger partial charge is 0.390 e. The van der Waals surface area contributed by atoms with Gasteiger partial charge in [0.05, 0.1) is 19.1 Å². The molecule has 0 aromatic rings. The third kappa shape index (κ3) is 11.9. The van der Waals surface area contributed by atoms with Gasteiger partial charge in [0, 0.05) is 33.3 Å². The molecule has 2 N–H and O–H groups in total. The van der Waals surface area contributed by atoms with E-state index in [1.54, 1.807) is 14.2 Å². The third-order valence-electron chi connectivity index (χ3n) is 2.16. The number of aliphatic hydroxyl groups is 1. The molecule has 4 nitrogen and oxygen atoms in total. The van der Waals surface area contributed by atoms with E-state index in [4.69, 9.17) is 4.74 Å². The summed E-state index contributed by atoms with van der Waals surface area (Å²) in [6.45, 7) is 1.62. The molecular weight excluding hydrogens is 237 g/mol. The summed E-state index contributed by atoms with van der Waals surface area (Å²) in [5.41, 5.74) is 0. The van der Waals surface area contributed by atoms with Gasteiger partial charge in [0.25, 0.3) is 0 Å². The molecule has 0 aliphatic rings. The van der Waals surface area contributed by atoms with E-state index in [9.17, 15) is 18.3 Å². The molecule has 0 aromatic carbocycles. The molecule has 1 atom stereocenters. The van der Waals surface area contributed by atoms with Crippen molar-refractivity contribution < 1.29 is 23.0 Å². The Bertz CT molecular complexity index is 191. The van der Waals surface area contributed by atoms with Crippen LogP contribution in [-0.4, -0.2) is 69.2 Å². The second-order valence-electron chi connectivity index (χ2n) is 3.98. The molecule has 0 saturated carbocycles. The van der Waals surface area contributed by atoms with Crippen LogP contribution in [0.2, 0.25) is 0 Å². The van der Waals surface area contributed by atoms with E-state index in [-0.39, 0.29) is 13.1 Å². The Labute approximate surface area is 99.7 Å². The molecule has 0 aromatic heterocycles. The Balaban J connectivity index is 3.55. The highest BCUT2D eigenvalue weighted by Crippen LogP contribution is 2.19. The summed E-state index contributed by atoms with van der Waals surface area (Å²) in [7, 11) is 3.13. The topological polar surface area (TPSA) is 44.7 Å². The first-order valence-electron chi connectivity index (χ1n) is 5.48. The van der Waals surface area contributed by atoms with Crippen LogP contribution in [0.5, 0.6) is 0 Å². The SMILES string of the molecule is COCCNCC(O)CN(C)CCC(F)(F)F. The maximum atomic E-state index is 11.9. The maximum absolute atomic E-state index is 11.9. The zero-order valence-corrected chi connectivity index (χ0v) is 10.3. The lowest BCUT2D eigenvalue weighted by Crippen LogP contribution is -2.38. The number of methoxy groups -OCH3 is 1. The molecule has 0 fully saturated rings. The lowest BCUT2D eigenvalue weighted by Gasteiger charge is -2.21. The van der Waals surface area contributed by atoms with Gasteiger partial charge in [0.1, 0.15) is 0 Å². The van der Waals surface area contributed by atoms with Crippen molar-refractivity contribution in [1.29, 1.82) is 0 Å². The molecule has 0 aliphatic heterocycles. The second kappa shape index (κ2) is 8.68. The number of hydrogen-bond acceptors (Lipinski definition) is 4. The molecule has 7 heteroatoms. The summed E-state index contributed by atoms with van der Waals surface area (Å²) in [6, 6.07) is 0. The van der Waals surface area contributed by atoms with Crippen molar-refractivity contribution >= 4 is 0 Å². The molecule has 0 amide bonds. The molecular formula is C10H21F3N2O2. The minimum atomic E-state index is -4.14. The van der Waals surface area contributed by atoms with Crippen molar-refractivity contribution in [1.82, 2.24) is 10.2 Å².